The van der Waals surface area contributed by atoms with Gasteiger partial charge in [0, 0.05) is 38.2 Å². The highest BCUT2D eigenvalue weighted by atomic mass is 32.2. The van der Waals surface area contributed by atoms with Gasteiger partial charge in [0.1, 0.15) is 0 Å². The van der Waals surface area contributed by atoms with E-state index in [9.17, 15) is 8.42 Å². The molecule has 0 atom stereocenters. The van der Waals surface area contributed by atoms with Crippen molar-refractivity contribution in [2.75, 3.05) is 26.5 Å². The zero-order chi connectivity index (χ0) is 19.7. The molecule has 146 valence electrons. The monoisotopic (exact) mass is 390 g/mol. The van der Waals surface area contributed by atoms with Crippen LogP contribution in [0.3, 0.4) is 0 Å². The number of nitrogens with one attached hydrogen (secondary N) is 2. The molecule has 0 saturated heterocycles. The molecule has 0 bridgehead atoms. The second-order valence-electron chi connectivity index (χ2n) is 5.92. The van der Waals surface area contributed by atoms with Crippen LogP contribution in [0.1, 0.15) is 18.1 Å². The van der Waals surface area contributed by atoms with Gasteiger partial charge in [-0.3, -0.25) is 4.99 Å². The Labute approximate surface area is 160 Å². The summed E-state index contributed by atoms with van der Waals surface area (Å²) in [6.07, 6.45) is 3.66. The highest BCUT2D eigenvalue weighted by Gasteiger charge is 2.07. The van der Waals surface area contributed by atoms with E-state index in [2.05, 4.69) is 20.6 Å². The first kappa shape index (κ1) is 20.7. The molecule has 0 fully saturated rings. The van der Waals surface area contributed by atoms with Gasteiger partial charge in [-0.05, 0) is 37.1 Å². The van der Waals surface area contributed by atoms with E-state index in [4.69, 9.17) is 4.74 Å². The summed E-state index contributed by atoms with van der Waals surface area (Å²) in [6.45, 7) is 3.71. The fourth-order valence-corrected chi connectivity index (χ4v) is 3.08. The van der Waals surface area contributed by atoms with Crippen LogP contribution < -0.4 is 15.4 Å². The molecule has 1 heterocycles. The molecule has 2 aromatic rings. The number of aliphatic imine (C=N–C) groups is 1. The molecule has 2 N–H and O–H groups in total. The first-order valence-electron chi connectivity index (χ1n) is 8.74. The number of benzene rings is 1. The van der Waals surface area contributed by atoms with Gasteiger partial charge in [-0.1, -0.05) is 18.2 Å². The number of guanidine groups is 1. The molecule has 0 spiro atoms. The van der Waals surface area contributed by atoms with Crippen molar-refractivity contribution in [2.45, 2.75) is 24.8 Å². The second kappa shape index (κ2) is 9.91. The van der Waals surface area contributed by atoms with Crippen molar-refractivity contribution in [1.82, 2.24) is 15.6 Å². The van der Waals surface area contributed by atoms with E-state index in [-0.39, 0.29) is 0 Å². The fraction of sp³-hybridized carbons (Fsp3) is 0.368. The van der Waals surface area contributed by atoms with E-state index in [0.717, 1.165) is 17.5 Å². The Hall–Kier alpha value is -2.61. The number of hydrogen-bond acceptors (Lipinski definition) is 5. The van der Waals surface area contributed by atoms with E-state index in [0.29, 0.717) is 36.4 Å². The van der Waals surface area contributed by atoms with Crippen molar-refractivity contribution >= 4 is 15.8 Å². The summed E-state index contributed by atoms with van der Waals surface area (Å²) in [4.78, 5) is 8.77. The quantitative estimate of drug-likeness (QED) is 0.527. The number of nitrogens with zero attached hydrogens (tertiary/aromatic N) is 2. The van der Waals surface area contributed by atoms with E-state index in [1.54, 1.807) is 25.4 Å². The van der Waals surface area contributed by atoms with Gasteiger partial charge >= 0.3 is 0 Å². The molecule has 27 heavy (non-hydrogen) atoms. The van der Waals surface area contributed by atoms with Gasteiger partial charge in [0.25, 0.3) is 0 Å². The van der Waals surface area contributed by atoms with Crippen molar-refractivity contribution in [1.29, 1.82) is 0 Å². The molecule has 8 heteroatoms. The van der Waals surface area contributed by atoms with Crippen molar-refractivity contribution < 1.29 is 13.2 Å². The lowest BCUT2D eigenvalue weighted by atomic mass is 10.1. The van der Waals surface area contributed by atoms with E-state index >= 15 is 0 Å². The third kappa shape index (κ3) is 6.56. The van der Waals surface area contributed by atoms with Crippen molar-refractivity contribution in [3.05, 3.63) is 53.7 Å². The molecular formula is C19H26N4O3S. The number of ether oxygens (including phenoxy) is 1. The topological polar surface area (TPSA) is 92.7 Å². The molecule has 0 aliphatic rings. The Balaban J connectivity index is 1.84. The van der Waals surface area contributed by atoms with Gasteiger partial charge in [-0.25, -0.2) is 13.4 Å². The number of sulfone groups is 1. The maximum atomic E-state index is 11.5. The number of pyridine rings is 1. The minimum Gasteiger partial charge on any atom is -0.478 e. The minimum atomic E-state index is -3.16. The summed E-state index contributed by atoms with van der Waals surface area (Å²) in [6, 6.07) is 10.8. The molecule has 0 saturated carbocycles. The summed E-state index contributed by atoms with van der Waals surface area (Å²) >= 11 is 0. The summed E-state index contributed by atoms with van der Waals surface area (Å²) in [5, 5.41) is 6.48. The van der Waals surface area contributed by atoms with Crippen LogP contribution in [0.15, 0.2) is 52.5 Å². The Morgan fingerprint density at radius 1 is 1.19 bits per heavy atom. The first-order valence-corrected chi connectivity index (χ1v) is 10.6. The lowest BCUT2D eigenvalue weighted by Gasteiger charge is -2.13. The molecule has 0 amide bonds. The average molecular weight is 391 g/mol. The molecule has 0 radical (unpaired) electrons. The molecule has 1 aromatic heterocycles. The van der Waals surface area contributed by atoms with Crippen LogP contribution in [-0.2, 0) is 22.8 Å². The van der Waals surface area contributed by atoms with Crippen molar-refractivity contribution in [3.63, 3.8) is 0 Å². The number of rotatable bonds is 8. The lowest BCUT2D eigenvalue weighted by Crippen LogP contribution is -2.38. The van der Waals surface area contributed by atoms with E-state index in [1.807, 2.05) is 31.2 Å². The van der Waals surface area contributed by atoms with Gasteiger partial charge in [0.2, 0.25) is 5.88 Å². The smallest absolute Gasteiger partial charge is 0.218 e. The molecule has 0 aliphatic carbocycles. The number of hydrogen-bond donors (Lipinski definition) is 2. The molecule has 2 rings (SSSR count). The third-order valence-corrected chi connectivity index (χ3v) is 4.99. The van der Waals surface area contributed by atoms with Crippen LogP contribution in [0.5, 0.6) is 5.88 Å². The van der Waals surface area contributed by atoms with E-state index < -0.39 is 9.84 Å². The molecule has 7 nitrogen and oxygen atoms in total. The Morgan fingerprint density at radius 3 is 2.56 bits per heavy atom. The Kier molecular flexibility index (Phi) is 7.60. The Morgan fingerprint density at radius 2 is 1.93 bits per heavy atom. The molecule has 0 unspecified atom stereocenters. The SMILES string of the molecule is CCOc1ncccc1CNC(=NC)NCCc1ccc(S(C)(=O)=O)cc1. The zero-order valence-corrected chi connectivity index (χ0v) is 16.7. The van der Waals surface area contributed by atoms with Crippen LogP contribution in [0.25, 0.3) is 0 Å². The van der Waals surface area contributed by atoms with Crippen LogP contribution in [-0.4, -0.2) is 45.8 Å². The van der Waals surface area contributed by atoms with E-state index in [1.165, 1.54) is 6.26 Å². The summed E-state index contributed by atoms with van der Waals surface area (Å²) in [5.41, 5.74) is 2.01. The highest BCUT2D eigenvalue weighted by Crippen LogP contribution is 2.13. The first-order chi connectivity index (χ1) is 12.9. The summed E-state index contributed by atoms with van der Waals surface area (Å²) in [5.74, 6) is 1.29. The van der Waals surface area contributed by atoms with Crippen LogP contribution in [0, 0.1) is 0 Å². The highest BCUT2D eigenvalue weighted by molar-refractivity contribution is 7.90. The summed E-state index contributed by atoms with van der Waals surface area (Å²) < 4.78 is 28.5. The van der Waals surface area contributed by atoms with Gasteiger partial charge in [0.05, 0.1) is 11.5 Å². The van der Waals surface area contributed by atoms with Crippen molar-refractivity contribution in [3.8, 4) is 5.88 Å². The van der Waals surface area contributed by atoms with Crippen LogP contribution in [0.4, 0.5) is 0 Å². The van der Waals surface area contributed by atoms with Gasteiger partial charge in [-0.15, -0.1) is 0 Å². The zero-order valence-electron chi connectivity index (χ0n) is 15.9. The normalized spacial score (nSPS) is 11.9. The predicted octanol–water partition coefficient (Wildman–Crippen LogP) is 1.79. The fourth-order valence-electron chi connectivity index (χ4n) is 2.45. The third-order valence-electron chi connectivity index (χ3n) is 3.86. The minimum absolute atomic E-state index is 0.332. The maximum absolute atomic E-state index is 11.5. The van der Waals surface area contributed by atoms with Gasteiger partial charge < -0.3 is 15.4 Å². The molecular weight excluding hydrogens is 364 g/mol. The molecule has 0 aliphatic heterocycles. The van der Waals surface area contributed by atoms with Crippen molar-refractivity contribution in [2.24, 2.45) is 4.99 Å². The van der Waals surface area contributed by atoms with Crippen LogP contribution >= 0.6 is 0 Å². The van der Waals surface area contributed by atoms with Crippen LogP contribution in [0.2, 0.25) is 0 Å². The largest absolute Gasteiger partial charge is 0.478 e. The Bertz CT molecular complexity index is 865. The second-order valence-corrected chi connectivity index (χ2v) is 7.94. The standard InChI is InChI=1S/C19H26N4O3S/c1-4-26-18-16(6-5-12-21-18)14-23-19(20-2)22-13-11-15-7-9-17(10-8-15)27(3,24)25/h5-10,12H,4,11,13-14H2,1-3H3,(H2,20,22,23). The number of aromatic nitrogens is 1. The maximum Gasteiger partial charge on any atom is 0.218 e. The van der Waals surface area contributed by atoms with Gasteiger partial charge in [0.15, 0.2) is 15.8 Å². The summed E-state index contributed by atoms with van der Waals surface area (Å²) in [7, 11) is -1.45. The lowest BCUT2D eigenvalue weighted by molar-refractivity contribution is 0.322. The average Bonchev–Trinajstić information content (AvgIpc) is 2.65. The predicted molar refractivity (Wildman–Crippen MR) is 107 cm³/mol. The molecule has 1 aromatic carbocycles. The van der Waals surface area contributed by atoms with Gasteiger partial charge in [-0.2, -0.15) is 0 Å².